The van der Waals surface area contributed by atoms with E-state index in [9.17, 15) is 14.9 Å². The van der Waals surface area contributed by atoms with E-state index in [1.165, 1.54) is 14.0 Å². The standard InChI is InChI=1S/C18H21NO4/c1-4-15-9-5-6-10-16(15)18(13-19,17(21)22-3)11-7-8-12-23-14(2)20/h4,10,15H,1,5-6,9,11-12H2,2-3H3. The molecule has 2 unspecified atom stereocenters. The Bertz CT molecular complexity index is 603. The molecule has 0 aromatic heterocycles. The van der Waals surface area contributed by atoms with E-state index in [0.717, 1.165) is 19.3 Å². The highest BCUT2D eigenvalue weighted by molar-refractivity contribution is 5.84. The van der Waals surface area contributed by atoms with Crippen LogP contribution < -0.4 is 0 Å². The summed E-state index contributed by atoms with van der Waals surface area (Å²) >= 11 is 0. The summed E-state index contributed by atoms with van der Waals surface area (Å²) in [6.07, 6.45) is 6.31. The van der Waals surface area contributed by atoms with Crippen LogP contribution in [0.5, 0.6) is 0 Å². The molecule has 1 aliphatic carbocycles. The average Bonchev–Trinajstić information content (AvgIpc) is 2.57. The second-order valence-electron chi connectivity index (χ2n) is 5.25. The number of rotatable bonds is 5. The minimum atomic E-state index is -1.45. The van der Waals surface area contributed by atoms with Crippen LogP contribution in [-0.4, -0.2) is 25.7 Å². The van der Waals surface area contributed by atoms with Crippen molar-refractivity contribution >= 4 is 11.9 Å². The lowest BCUT2D eigenvalue weighted by Gasteiger charge is -2.32. The van der Waals surface area contributed by atoms with Crippen LogP contribution in [0.2, 0.25) is 0 Å². The van der Waals surface area contributed by atoms with Crippen LogP contribution in [0.4, 0.5) is 0 Å². The van der Waals surface area contributed by atoms with Crippen LogP contribution in [0.1, 0.15) is 32.6 Å². The summed E-state index contributed by atoms with van der Waals surface area (Å²) in [6.45, 7) is 5.02. The molecule has 0 fully saturated rings. The lowest BCUT2D eigenvalue weighted by Crippen LogP contribution is -2.36. The first kappa shape index (κ1) is 18.5. The van der Waals surface area contributed by atoms with Gasteiger partial charge in [0.1, 0.15) is 0 Å². The van der Waals surface area contributed by atoms with E-state index >= 15 is 0 Å². The van der Waals surface area contributed by atoms with Crippen LogP contribution in [0, 0.1) is 34.5 Å². The summed E-state index contributed by atoms with van der Waals surface area (Å²) in [5.74, 6) is 4.32. The number of methoxy groups -OCH3 is 1. The van der Waals surface area contributed by atoms with Crippen LogP contribution >= 0.6 is 0 Å². The minimum Gasteiger partial charge on any atom is -0.468 e. The van der Waals surface area contributed by atoms with Crippen LogP contribution in [0.15, 0.2) is 24.3 Å². The van der Waals surface area contributed by atoms with Crippen molar-refractivity contribution in [3.63, 3.8) is 0 Å². The number of hydrogen-bond acceptors (Lipinski definition) is 5. The largest absolute Gasteiger partial charge is 0.468 e. The Morgan fingerprint density at radius 2 is 2.26 bits per heavy atom. The van der Waals surface area contributed by atoms with Crippen molar-refractivity contribution in [2.45, 2.75) is 32.6 Å². The fourth-order valence-corrected chi connectivity index (χ4v) is 2.64. The third kappa shape index (κ3) is 4.47. The Morgan fingerprint density at radius 3 is 2.83 bits per heavy atom. The van der Waals surface area contributed by atoms with Crippen molar-refractivity contribution < 1.29 is 19.1 Å². The highest BCUT2D eigenvalue weighted by atomic mass is 16.5. The van der Waals surface area contributed by atoms with Crippen LogP contribution in [-0.2, 0) is 19.1 Å². The van der Waals surface area contributed by atoms with E-state index < -0.39 is 17.4 Å². The summed E-state index contributed by atoms with van der Waals surface area (Å²) in [7, 11) is 1.26. The normalized spacial score (nSPS) is 19.0. The molecule has 1 rings (SSSR count). The highest BCUT2D eigenvalue weighted by Gasteiger charge is 2.45. The molecule has 0 saturated carbocycles. The minimum absolute atomic E-state index is 0.00634. The quantitative estimate of drug-likeness (QED) is 0.443. The van der Waals surface area contributed by atoms with Crippen molar-refractivity contribution in [1.29, 1.82) is 5.26 Å². The molecule has 0 bridgehead atoms. The lowest BCUT2D eigenvalue weighted by molar-refractivity contribution is -0.147. The van der Waals surface area contributed by atoms with Crippen molar-refractivity contribution in [1.82, 2.24) is 0 Å². The molecule has 0 heterocycles. The molecule has 0 aromatic rings. The zero-order valence-electron chi connectivity index (χ0n) is 13.6. The molecule has 0 amide bonds. The van der Waals surface area contributed by atoms with Gasteiger partial charge in [0.2, 0.25) is 0 Å². The zero-order valence-corrected chi connectivity index (χ0v) is 13.6. The summed E-state index contributed by atoms with van der Waals surface area (Å²) in [5.41, 5.74) is -0.744. The average molecular weight is 315 g/mol. The fraction of sp³-hybridized carbons (Fsp3) is 0.500. The number of carbonyl (C=O) groups excluding carboxylic acids is 2. The van der Waals surface area contributed by atoms with E-state index in [2.05, 4.69) is 24.5 Å². The summed E-state index contributed by atoms with van der Waals surface area (Å²) in [5, 5.41) is 9.71. The number of carbonyl (C=O) groups is 2. The van der Waals surface area contributed by atoms with Crippen molar-refractivity contribution in [3.8, 4) is 17.9 Å². The van der Waals surface area contributed by atoms with Gasteiger partial charge >= 0.3 is 11.9 Å². The highest BCUT2D eigenvalue weighted by Crippen LogP contribution is 2.41. The Morgan fingerprint density at radius 1 is 1.52 bits per heavy atom. The van der Waals surface area contributed by atoms with Crippen LogP contribution in [0.3, 0.4) is 0 Å². The molecule has 122 valence electrons. The SMILES string of the molecule is C=CC1CCCC=C1C(C#N)(CC#CCOC(C)=O)C(=O)OC. The summed E-state index contributed by atoms with van der Waals surface area (Å²) in [4.78, 5) is 23.0. The molecule has 5 nitrogen and oxygen atoms in total. The lowest BCUT2D eigenvalue weighted by atomic mass is 9.69. The number of nitriles is 1. The predicted octanol–water partition coefficient (Wildman–Crippen LogP) is 2.54. The van der Waals surface area contributed by atoms with E-state index in [0.29, 0.717) is 5.57 Å². The molecule has 1 aliphatic rings. The maximum atomic E-state index is 12.3. The van der Waals surface area contributed by atoms with E-state index in [4.69, 9.17) is 9.47 Å². The van der Waals surface area contributed by atoms with E-state index in [1.807, 2.05) is 6.08 Å². The molecular formula is C18H21NO4. The third-order valence-electron chi connectivity index (χ3n) is 3.81. The Balaban J connectivity index is 3.10. The van der Waals surface area contributed by atoms with Crippen LogP contribution in [0.25, 0.3) is 0 Å². The summed E-state index contributed by atoms with van der Waals surface area (Å²) in [6, 6.07) is 2.10. The zero-order chi connectivity index (χ0) is 17.3. The smallest absolute Gasteiger partial charge is 0.331 e. The molecule has 0 saturated heterocycles. The Labute approximate surface area is 137 Å². The Hall–Kier alpha value is -2.53. The number of hydrogen-bond donors (Lipinski definition) is 0. The molecule has 0 aromatic carbocycles. The predicted molar refractivity (Wildman–Crippen MR) is 84.7 cm³/mol. The molecule has 2 atom stereocenters. The fourth-order valence-electron chi connectivity index (χ4n) is 2.64. The second kappa shape index (κ2) is 8.80. The van der Waals surface area contributed by atoms with Gasteiger partial charge in [-0.25, -0.2) is 4.79 Å². The maximum Gasteiger partial charge on any atom is 0.331 e. The van der Waals surface area contributed by atoms with Crippen molar-refractivity contribution in [2.75, 3.05) is 13.7 Å². The van der Waals surface area contributed by atoms with Gasteiger partial charge in [-0.3, -0.25) is 4.79 Å². The van der Waals surface area contributed by atoms with Gasteiger partial charge in [0.15, 0.2) is 12.0 Å². The number of nitrogens with zero attached hydrogens (tertiary/aromatic N) is 1. The number of ether oxygens (including phenoxy) is 2. The molecule has 5 heteroatoms. The van der Waals surface area contributed by atoms with Crippen molar-refractivity contribution in [3.05, 3.63) is 24.3 Å². The van der Waals surface area contributed by atoms with Gasteiger partial charge in [0, 0.05) is 13.3 Å². The molecule has 0 radical (unpaired) electrons. The van der Waals surface area contributed by atoms with Gasteiger partial charge < -0.3 is 9.47 Å². The number of esters is 2. The van der Waals surface area contributed by atoms with E-state index in [1.54, 1.807) is 6.08 Å². The second-order valence-corrected chi connectivity index (χ2v) is 5.25. The molecule has 0 N–H and O–H groups in total. The first-order valence-corrected chi connectivity index (χ1v) is 7.43. The number of allylic oxidation sites excluding steroid dienone is 2. The Kier molecular flexibility index (Phi) is 7.09. The van der Waals surface area contributed by atoms with Gasteiger partial charge in [-0.05, 0) is 30.8 Å². The van der Waals surface area contributed by atoms with Gasteiger partial charge in [0.25, 0.3) is 0 Å². The van der Waals surface area contributed by atoms with E-state index in [-0.39, 0.29) is 18.9 Å². The maximum absolute atomic E-state index is 12.3. The topological polar surface area (TPSA) is 76.4 Å². The summed E-state index contributed by atoms with van der Waals surface area (Å²) < 4.78 is 9.58. The van der Waals surface area contributed by atoms with Gasteiger partial charge in [-0.15, -0.1) is 6.58 Å². The molecule has 0 spiro atoms. The van der Waals surface area contributed by atoms with Crippen molar-refractivity contribution in [2.24, 2.45) is 11.3 Å². The first-order valence-electron chi connectivity index (χ1n) is 7.43. The molecular weight excluding hydrogens is 294 g/mol. The first-order chi connectivity index (χ1) is 11.0. The van der Waals surface area contributed by atoms with Gasteiger partial charge in [0.05, 0.1) is 13.2 Å². The third-order valence-corrected chi connectivity index (χ3v) is 3.81. The molecule has 0 aliphatic heterocycles. The monoisotopic (exact) mass is 315 g/mol. The molecule has 23 heavy (non-hydrogen) atoms. The van der Waals surface area contributed by atoms with Gasteiger partial charge in [-0.2, -0.15) is 5.26 Å². The van der Waals surface area contributed by atoms with Gasteiger partial charge in [-0.1, -0.05) is 24.0 Å².